The molecular formula is C22H32O5. The maximum atomic E-state index is 12.9. The highest BCUT2D eigenvalue weighted by Gasteiger charge is 2.41. The zero-order valence-corrected chi connectivity index (χ0v) is 17.1. The van der Waals surface area contributed by atoms with Crippen molar-refractivity contribution in [3.63, 3.8) is 0 Å². The summed E-state index contributed by atoms with van der Waals surface area (Å²) < 4.78 is 23.3. The van der Waals surface area contributed by atoms with E-state index in [0.717, 1.165) is 5.56 Å². The summed E-state index contributed by atoms with van der Waals surface area (Å²) in [5.74, 6) is -1.45. The standard InChI is InChI=1S/C22H32O5/c1-7-17(18-13-14-25-22(5,6)26-18)19(20(23)27-21(2,3)4)24-15-16-11-9-8-10-12-16/h7-12,17-19H,1,13-15H2,2-6H3/t17-,18+,19-/m1/s1. The van der Waals surface area contributed by atoms with Crippen LogP contribution in [-0.2, 0) is 30.3 Å². The van der Waals surface area contributed by atoms with Crippen LogP contribution in [0.5, 0.6) is 0 Å². The van der Waals surface area contributed by atoms with Crippen LogP contribution < -0.4 is 0 Å². The Bertz CT molecular complexity index is 617. The average molecular weight is 376 g/mol. The predicted octanol–water partition coefficient (Wildman–Crippen LogP) is 4.26. The van der Waals surface area contributed by atoms with E-state index in [1.807, 2.05) is 65.0 Å². The molecule has 150 valence electrons. The topological polar surface area (TPSA) is 54.0 Å². The molecule has 3 atom stereocenters. The average Bonchev–Trinajstić information content (AvgIpc) is 2.57. The van der Waals surface area contributed by atoms with Gasteiger partial charge in [0, 0.05) is 5.92 Å². The monoisotopic (exact) mass is 376 g/mol. The molecule has 2 rings (SSSR count). The van der Waals surface area contributed by atoms with E-state index in [-0.39, 0.29) is 12.0 Å². The van der Waals surface area contributed by atoms with Gasteiger partial charge in [-0.1, -0.05) is 36.4 Å². The minimum absolute atomic E-state index is 0.237. The minimum Gasteiger partial charge on any atom is -0.458 e. The number of hydrogen-bond acceptors (Lipinski definition) is 5. The van der Waals surface area contributed by atoms with Crippen molar-refractivity contribution in [1.29, 1.82) is 0 Å². The molecule has 0 unspecified atom stereocenters. The van der Waals surface area contributed by atoms with Crippen LogP contribution in [0.3, 0.4) is 0 Å². The summed E-state index contributed by atoms with van der Waals surface area (Å²) in [5, 5.41) is 0. The van der Waals surface area contributed by atoms with Crippen LogP contribution in [0.25, 0.3) is 0 Å². The highest BCUT2D eigenvalue weighted by Crippen LogP contribution is 2.31. The Hall–Kier alpha value is -1.69. The molecule has 0 radical (unpaired) electrons. The van der Waals surface area contributed by atoms with Gasteiger partial charge < -0.3 is 18.9 Å². The number of ether oxygens (including phenoxy) is 4. The van der Waals surface area contributed by atoms with Gasteiger partial charge in [-0.15, -0.1) is 6.58 Å². The Balaban J connectivity index is 2.19. The molecule has 0 amide bonds. The van der Waals surface area contributed by atoms with Gasteiger partial charge in [-0.25, -0.2) is 4.79 Å². The van der Waals surface area contributed by atoms with Crippen molar-refractivity contribution in [2.24, 2.45) is 5.92 Å². The molecule has 0 aromatic heterocycles. The van der Waals surface area contributed by atoms with E-state index < -0.39 is 23.5 Å². The second-order valence-electron chi connectivity index (χ2n) is 8.26. The van der Waals surface area contributed by atoms with E-state index in [2.05, 4.69) is 6.58 Å². The Labute approximate surface area is 162 Å². The summed E-state index contributed by atoms with van der Waals surface area (Å²) in [6, 6.07) is 9.75. The lowest BCUT2D eigenvalue weighted by atomic mass is 9.92. The van der Waals surface area contributed by atoms with Gasteiger partial charge in [0.05, 0.1) is 19.3 Å². The Morgan fingerprint density at radius 3 is 2.56 bits per heavy atom. The fraction of sp³-hybridized carbons (Fsp3) is 0.591. The minimum atomic E-state index is -0.805. The van der Waals surface area contributed by atoms with Crippen molar-refractivity contribution in [3.8, 4) is 0 Å². The molecular weight excluding hydrogens is 344 g/mol. The fourth-order valence-electron chi connectivity index (χ4n) is 3.08. The van der Waals surface area contributed by atoms with Crippen LogP contribution in [0, 0.1) is 5.92 Å². The molecule has 1 aromatic rings. The highest BCUT2D eigenvalue weighted by atomic mass is 16.7. The summed E-state index contributed by atoms with van der Waals surface area (Å²) >= 11 is 0. The van der Waals surface area contributed by atoms with Crippen LogP contribution in [0.2, 0.25) is 0 Å². The van der Waals surface area contributed by atoms with Crippen molar-refractivity contribution in [2.75, 3.05) is 6.61 Å². The van der Waals surface area contributed by atoms with Crippen LogP contribution in [0.1, 0.15) is 46.6 Å². The summed E-state index contributed by atoms with van der Waals surface area (Å²) in [6.45, 7) is 14.1. The SMILES string of the molecule is C=C[C@H]([C@@H]1CCOC(C)(C)O1)[C@@H](OCc1ccccc1)C(=O)OC(C)(C)C. The number of esters is 1. The molecule has 27 heavy (non-hydrogen) atoms. The predicted molar refractivity (Wildman–Crippen MR) is 104 cm³/mol. The molecule has 0 aliphatic carbocycles. The third kappa shape index (κ3) is 6.76. The van der Waals surface area contributed by atoms with Gasteiger partial charge in [0.15, 0.2) is 11.9 Å². The third-order valence-electron chi connectivity index (χ3n) is 4.25. The first-order valence-electron chi connectivity index (χ1n) is 9.44. The molecule has 1 aliphatic heterocycles. The Morgan fingerprint density at radius 1 is 1.33 bits per heavy atom. The molecule has 1 saturated heterocycles. The fourth-order valence-corrected chi connectivity index (χ4v) is 3.08. The van der Waals surface area contributed by atoms with Crippen LogP contribution in [0.15, 0.2) is 43.0 Å². The summed E-state index contributed by atoms with van der Waals surface area (Å²) in [7, 11) is 0. The summed E-state index contributed by atoms with van der Waals surface area (Å²) in [4.78, 5) is 12.9. The maximum absolute atomic E-state index is 12.9. The molecule has 5 heteroatoms. The summed E-state index contributed by atoms with van der Waals surface area (Å²) in [6.07, 6.45) is 1.35. The first kappa shape index (κ1) is 21.6. The number of rotatable bonds is 7. The molecule has 0 saturated carbocycles. The lowest BCUT2D eigenvalue weighted by Crippen LogP contribution is -2.48. The number of carbonyl (C=O) groups excluding carboxylic acids is 1. The van der Waals surface area contributed by atoms with Crippen molar-refractivity contribution >= 4 is 5.97 Å². The molecule has 0 bridgehead atoms. The van der Waals surface area contributed by atoms with Gasteiger partial charge in [0.1, 0.15) is 5.60 Å². The molecule has 0 spiro atoms. The molecule has 1 fully saturated rings. The van der Waals surface area contributed by atoms with Crippen LogP contribution in [0.4, 0.5) is 0 Å². The van der Waals surface area contributed by atoms with Gasteiger partial charge in [0.25, 0.3) is 0 Å². The smallest absolute Gasteiger partial charge is 0.336 e. The van der Waals surface area contributed by atoms with Gasteiger partial charge in [0.2, 0.25) is 0 Å². The van der Waals surface area contributed by atoms with Gasteiger partial charge in [-0.05, 0) is 46.6 Å². The van der Waals surface area contributed by atoms with E-state index in [9.17, 15) is 4.79 Å². The van der Waals surface area contributed by atoms with Crippen LogP contribution in [-0.4, -0.2) is 36.2 Å². The number of benzene rings is 1. The molecule has 1 heterocycles. The zero-order chi connectivity index (χ0) is 20.1. The normalized spacial score (nSPS) is 21.9. The lowest BCUT2D eigenvalue weighted by Gasteiger charge is -2.40. The van der Waals surface area contributed by atoms with Crippen molar-refractivity contribution in [1.82, 2.24) is 0 Å². The second kappa shape index (κ2) is 9.00. The van der Waals surface area contributed by atoms with E-state index in [4.69, 9.17) is 18.9 Å². The molecule has 1 aromatic carbocycles. The second-order valence-corrected chi connectivity index (χ2v) is 8.26. The quantitative estimate of drug-likeness (QED) is 0.526. The third-order valence-corrected chi connectivity index (χ3v) is 4.25. The van der Waals surface area contributed by atoms with Crippen LogP contribution >= 0.6 is 0 Å². The van der Waals surface area contributed by atoms with Gasteiger partial charge >= 0.3 is 5.97 Å². The lowest BCUT2D eigenvalue weighted by molar-refractivity contribution is -0.285. The summed E-state index contributed by atoms with van der Waals surface area (Å²) in [5.41, 5.74) is 0.384. The first-order valence-corrected chi connectivity index (χ1v) is 9.44. The Kier molecular flexibility index (Phi) is 7.20. The maximum Gasteiger partial charge on any atom is 0.336 e. The largest absolute Gasteiger partial charge is 0.458 e. The molecule has 0 N–H and O–H groups in total. The van der Waals surface area contributed by atoms with Crippen molar-refractivity contribution in [3.05, 3.63) is 48.6 Å². The van der Waals surface area contributed by atoms with Crippen molar-refractivity contribution < 1.29 is 23.7 Å². The van der Waals surface area contributed by atoms with E-state index >= 15 is 0 Å². The highest BCUT2D eigenvalue weighted by molar-refractivity contribution is 5.76. The van der Waals surface area contributed by atoms with E-state index in [1.54, 1.807) is 6.08 Å². The zero-order valence-electron chi connectivity index (χ0n) is 17.1. The van der Waals surface area contributed by atoms with Crippen molar-refractivity contribution in [2.45, 2.75) is 71.2 Å². The Morgan fingerprint density at radius 2 is 2.00 bits per heavy atom. The first-order chi connectivity index (χ1) is 12.6. The van der Waals surface area contributed by atoms with E-state index in [0.29, 0.717) is 19.6 Å². The van der Waals surface area contributed by atoms with E-state index in [1.165, 1.54) is 0 Å². The van der Waals surface area contributed by atoms with Gasteiger partial charge in [-0.3, -0.25) is 0 Å². The number of carbonyl (C=O) groups is 1. The molecule has 1 aliphatic rings. The molecule has 5 nitrogen and oxygen atoms in total. The van der Waals surface area contributed by atoms with Gasteiger partial charge in [-0.2, -0.15) is 0 Å². The number of hydrogen-bond donors (Lipinski definition) is 0.